The van der Waals surface area contributed by atoms with E-state index in [9.17, 15) is 9.59 Å². The van der Waals surface area contributed by atoms with E-state index >= 15 is 0 Å². The molecule has 0 bridgehead atoms. The highest BCUT2D eigenvalue weighted by Crippen LogP contribution is 2.22. The van der Waals surface area contributed by atoms with E-state index in [1.54, 1.807) is 6.07 Å². The fraction of sp³-hybridized carbons (Fsp3) is 0.320. The van der Waals surface area contributed by atoms with Crippen LogP contribution in [0.3, 0.4) is 0 Å². The lowest BCUT2D eigenvalue weighted by atomic mass is 9.90. The Morgan fingerprint density at radius 2 is 1.63 bits per heavy atom. The Bertz CT molecular complexity index is 1050. The smallest absolute Gasteiger partial charge is 0.274 e. The van der Waals surface area contributed by atoms with Crippen LogP contribution in [0.5, 0.6) is 0 Å². The molecule has 4 rings (SSSR count). The maximum atomic E-state index is 13.0. The third-order valence-electron chi connectivity index (χ3n) is 5.81. The lowest BCUT2D eigenvalue weighted by Gasteiger charge is -2.32. The number of nitrogens with zero attached hydrogens (tertiary/aromatic N) is 3. The average molecular weight is 402 g/mol. The molecule has 1 saturated heterocycles. The highest BCUT2D eigenvalue weighted by molar-refractivity contribution is 5.92. The fourth-order valence-electron chi connectivity index (χ4n) is 3.99. The molecule has 0 aliphatic carbocycles. The molecule has 2 heterocycles. The molecule has 154 valence electrons. The second-order valence-corrected chi connectivity index (χ2v) is 8.13. The number of benzene rings is 2. The van der Waals surface area contributed by atoms with Crippen LogP contribution in [0.1, 0.15) is 40.0 Å². The van der Waals surface area contributed by atoms with E-state index < -0.39 is 0 Å². The van der Waals surface area contributed by atoms with Gasteiger partial charge in [0.25, 0.3) is 11.5 Å². The summed E-state index contributed by atoms with van der Waals surface area (Å²) >= 11 is 0. The van der Waals surface area contributed by atoms with Crippen LogP contribution in [0.25, 0.3) is 0 Å². The van der Waals surface area contributed by atoms with E-state index in [4.69, 9.17) is 0 Å². The van der Waals surface area contributed by atoms with E-state index in [-0.39, 0.29) is 11.5 Å². The van der Waals surface area contributed by atoms with Crippen LogP contribution in [-0.4, -0.2) is 33.7 Å². The molecule has 1 aliphatic rings. The van der Waals surface area contributed by atoms with Gasteiger partial charge in [-0.1, -0.05) is 60.2 Å². The molecule has 5 nitrogen and oxygen atoms in total. The summed E-state index contributed by atoms with van der Waals surface area (Å²) in [6.07, 6.45) is 3.04. The quantitative estimate of drug-likeness (QED) is 0.655. The van der Waals surface area contributed by atoms with Crippen LogP contribution in [0.15, 0.2) is 71.5 Å². The normalized spacial score (nSPS) is 14.6. The molecule has 1 aliphatic heterocycles. The molecular formula is C25H27N3O2. The van der Waals surface area contributed by atoms with Crippen LogP contribution in [0.2, 0.25) is 0 Å². The Labute approximate surface area is 177 Å². The standard InChI is InChI=1S/C25H27N3O2/c1-19-7-9-22(10-8-19)18-28-24(29)12-11-23(26-28)25(30)27-15-13-21(14-16-27)17-20-5-3-2-4-6-20/h2-12,21H,13-18H2,1H3. The monoisotopic (exact) mass is 401 g/mol. The van der Waals surface area contributed by atoms with Gasteiger partial charge in [0.1, 0.15) is 5.69 Å². The van der Waals surface area contributed by atoms with Crippen molar-refractivity contribution in [3.63, 3.8) is 0 Å². The van der Waals surface area contributed by atoms with Crippen LogP contribution >= 0.6 is 0 Å². The van der Waals surface area contributed by atoms with Gasteiger partial charge < -0.3 is 4.90 Å². The first-order valence-corrected chi connectivity index (χ1v) is 10.6. The van der Waals surface area contributed by atoms with Gasteiger partial charge in [0.15, 0.2) is 0 Å². The van der Waals surface area contributed by atoms with Gasteiger partial charge in [0, 0.05) is 19.2 Å². The lowest BCUT2D eigenvalue weighted by Crippen LogP contribution is -2.40. The molecule has 0 atom stereocenters. The van der Waals surface area contributed by atoms with Gasteiger partial charge >= 0.3 is 0 Å². The number of aryl methyl sites for hydroxylation is 1. The van der Waals surface area contributed by atoms with Crippen molar-refractivity contribution >= 4 is 5.91 Å². The largest absolute Gasteiger partial charge is 0.337 e. The molecule has 30 heavy (non-hydrogen) atoms. The van der Waals surface area contributed by atoms with Crippen molar-refractivity contribution in [1.29, 1.82) is 0 Å². The van der Waals surface area contributed by atoms with Crippen LogP contribution < -0.4 is 5.56 Å². The molecule has 0 N–H and O–H groups in total. The number of carbonyl (C=O) groups excluding carboxylic acids is 1. The topological polar surface area (TPSA) is 55.2 Å². The van der Waals surface area contributed by atoms with Crippen molar-refractivity contribution in [2.45, 2.75) is 32.7 Å². The summed E-state index contributed by atoms with van der Waals surface area (Å²) in [7, 11) is 0. The number of carbonyl (C=O) groups is 1. The van der Waals surface area contributed by atoms with E-state index in [1.165, 1.54) is 21.9 Å². The average Bonchev–Trinajstić information content (AvgIpc) is 2.77. The fourth-order valence-corrected chi connectivity index (χ4v) is 3.99. The Kier molecular flexibility index (Phi) is 6.07. The van der Waals surface area contributed by atoms with Crippen LogP contribution in [0, 0.1) is 12.8 Å². The Balaban J connectivity index is 1.40. The van der Waals surface area contributed by atoms with Gasteiger partial charge in [-0.15, -0.1) is 0 Å². The minimum Gasteiger partial charge on any atom is -0.337 e. The zero-order chi connectivity index (χ0) is 20.9. The molecule has 1 amide bonds. The molecule has 3 aromatic rings. The Morgan fingerprint density at radius 1 is 0.933 bits per heavy atom. The first-order chi connectivity index (χ1) is 14.6. The van der Waals surface area contributed by atoms with Gasteiger partial charge in [-0.2, -0.15) is 5.10 Å². The molecule has 0 saturated carbocycles. The summed E-state index contributed by atoms with van der Waals surface area (Å²) in [6.45, 7) is 3.85. The molecule has 0 unspecified atom stereocenters. The minimum absolute atomic E-state index is 0.0918. The van der Waals surface area contributed by atoms with Crippen molar-refractivity contribution in [1.82, 2.24) is 14.7 Å². The van der Waals surface area contributed by atoms with Gasteiger partial charge in [0.2, 0.25) is 0 Å². The number of hydrogen-bond acceptors (Lipinski definition) is 3. The van der Waals surface area contributed by atoms with Gasteiger partial charge in [-0.05, 0) is 49.3 Å². The summed E-state index contributed by atoms with van der Waals surface area (Å²) < 4.78 is 1.38. The molecule has 0 radical (unpaired) electrons. The first-order valence-electron chi connectivity index (χ1n) is 10.6. The van der Waals surface area contributed by atoms with Crippen molar-refractivity contribution in [2.24, 2.45) is 5.92 Å². The summed E-state index contributed by atoms with van der Waals surface area (Å²) in [5.41, 5.74) is 3.64. The van der Waals surface area contributed by atoms with Crippen molar-refractivity contribution < 1.29 is 4.79 Å². The van der Waals surface area contributed by atoms with E-state index in [0.29, 0.717) is 18.2 Å². The van der Waals surface area contributed by atoms with Gasteiger partial charge in [0.05, 0.1) is 6.54 Å². The molecule has 1 fully saturated rings. The zero-order valence-electron chi connectivity index (χ0n) is 17.3. The first kappa shape index (κ1) is 20.1. The molecule has 0 spiro atoms. The number of amides is 1. The van der Waals surface area contributed by atoms with Crippen LogP contribution in [-0.2, 0) is 13.0 Å². The maximum Gasteiger partial charge on any atom is 0.274 e. The molecule has 2 aromatic carbocycles. The van der Waals surface area contributed by atoms with Crippen molar-refractivity contribution in [2.75, 3.05) is 13.1 Å². The second kappa shape index (κ2) is 9.08. The summed E-state index contributed by atoms with van der Waals surface area (Å²) in [4.78, 5) is 27.1. The lowest BCUT2D eigenvalue weighted by molar-refractivity contribution is 0.0681. The highest BCUT2D eigenvalue weighted by Gasteiger charge is 2.25. The Morgan fingerprint density at radius 3 is 2.33 bits per heavy atom. The van der Waals surface area contributed by atoms with Gasteiger partial charge in [-0.25, -0.2) is 4.68 Å². The van der Waals surface area contributed by atoms with Gasteiger partial charge in [-0.3, -0.25) is 9.59 Å². The number of rotatable bonds is 5. The highest BCUT2D eigenvalue weighted by atomic mass is 16.2. The summed E-state index contributed by atoms with van der Waals surface area (Å²) in [5, 5.41) is 4.36. The predicted octanol–water partition coefficient (Wildman–Crippen LogP) is 3.69. The third kappa shape index (κ3) is 4.85. The Hall–Kier alpha value is -3.21. The van der Waals surface area contributed by atoms with E-state index in [1.807, 2.05) is 42.2 Å². The predicted molar refractivity (Wildman–Crippen MR) is 118 cm³/mol. The minimum atomic E-state index is -0.200. The number of likely N-dealkylation sites (tertiary alicyclic amines) is 1. The molecule has 5 heteroatoms. The zero-order valence-corrected chi connectivity index (χ0v) is 17.3. The number of aromatic nitrogens is 2. The van der Waals surface area contributed by atoms with Crippen molar-refractivity contribution in [3.8, 4) is 0 Å². The molecule has 1 aromatic heterocycles. The van der Waals surface area contributed by atoms with E-state index in [0.717, 1.165) is 37.9 Å². The maximum absolute atomic E-state index is 13.0. The second-order valence-electron chi connectivity index (χ2n) is 8.13. The van der Waals surface area contributed by atoms with Crippen LogP contribution in [0.4, 0.5) is 0 Å². The third-order valence-corrected chi connectivity index (χ3v) is 5.81. The SMILES string of the molecule is Cc1ccc(Cn2nc(C(=O)N3CCC(Cc4ccccc4)CC3)ccc2=O)cc1. The number of hydrogen-bond donors (Lipinski definition) is 0. The molecular weight excluding hydrogens is 374 g/mol. The number of piperidine rings is 1. The summed E-state index contributed by atoms with van der Waals surface area (Å²) in [5.74, 6) is 0.505. The van der Waals surface area contributed by atoms with E-state index in [2.05, 4.69) is 29.4 Å². The van der Waals surface area contributed by atoms with Crippen molar-refractivity contribution in [3.05, 3.63) is 99.5 Å². The summed E-state index contributed by atoms with van der Waals surface area (Å²) in [6, 6.07) is 21.5.